The molecule has 0 aromatic carbocycles. The molecule has 2 aliphatic rings. The van der Waals surface area contributed by atoms with Crippen molar-refractivity contribution in [2.75, 3.05) is 20.3 Å². The lowest BCUT2D eigenvalue weighted by Crippen LogP contribution is -2.58. The molecule has 21 heavy (non-hydrogen) atoms. The molecule has 1 N–H and O–H groups in total. The SMILES string of the molecule is C=C[C@](O)([C@H](OC)[C@H]1COC(C)(C)O1)[C@H]1COC(C)(C)O1. The second kappa shape index (κ2) is 5.61. The van der Waals surface area contributed by atoms with Crippen LogP contribution in [0, 0.1) is 0 Å². The summed E-state index contributed by atoms with van der Waals surface area (Å²) in [7, 11) is 1.52. The summed E-state index contributed by atoms with van der Waals surface area (Å²) < 4.78 is 28.2. The fourth-order valence-corrected chi connectivity index (χ4v) is 2.85. The smallest absolute Gasteiger partial charge is 0.163 e. The van der Waals surface area contributed by atoms with Crippen LogP contribution in [0.4, 0.5) is 0 Å². The van der Waals surface area contributed by atoms with Crippen molar-refractivity contribution >= 4 is 0 Å². The summed E-state index contributed by atoms with van der Waals surface area (Å²) in [6.07, 6.45) is -0.229. The summed E-state index contributed by atoms with van der Waals surface area (Å²) >= 11 is 0. The first-order chi connectivity index (χ1) is 9.63. The number of ether oxygens (including phenoxy) is 5. The van der Waals surface area contributed by atoms with Gasteiger partial charge < -0.3 is 28.8 Å². The Kier molecular flexibility index (Phi) is 4.50. The van der Waals surface area contributed by atoms with Crippen molar-refractivity contribution in [3.63, 3.8) is 0 Å². The molecule has 0 unspecified atom stereocenters. The molecule has 0 aromatic heterocycles. The number of methoxy groups -OCH3 is 1. The summed E-state index contributed by atoms with van der Waals surface area (Å²) in [5.74, 6) is -1.44. The van der Waals surface area contributed by atoms with E-state index in [4.69, 9.17) is 23.7 Å². The highest BCUT2D eigenvalue weighted by Gasteiger charge is 2.54. The first-order valence-corrected chi connectivity index (χ1v) is 7.16. The number of rotatable bonds is 5. The van der Waals surface area contributed by atoms with E-state index >= 15 is 0 Å². The van der Waals surface area contributed by atoms with E-state index in [0.717, 1.165) is 0 Å². The van der Waals surface area contributed by atoms with Gasteiger partial charge in [0.1, 0.15) is 23.9 Å². The van der Waals surface area contributed by atoms with Gasteiger partial charge in [-0.05, 0) is 27.7 Å². The first-order valence-electron chi connectivity index (χ1n) is 7.16. The topological polar surface area (TPSA) is 66.4 Å². The largest absolute Gasteiger partial charge is 0.380 e. The molecule has 0 saturated carbocycles. The molecule has 6 heteroatoms. The van der Waals surface area contributed by atoms with Gasteiger partial charge in [0, 0.05) is 7.11 Å². The maximum Gasteiger partial charge on any atom is 0.163 e. The lowest BCUT2D eigenvalue weighted by molar-refractivity contribution is -0.210. The fraction of sp³-hybridized carbons (Fsp3) is 0.867. The van der Waals surface area contributed by atoms with Crippen molar-refractivity contribution < 1.29 is 28.8 Å². The molecule has 122 valence electrons. The third-order valence-corrected chi connectivity index (χ3v) is 3.93. The second-order valence-corrected chi connectivity index (χ2v) is 6.43. The Morgan fingerprint density at radius 3 is 2.14 bits per heavy atom. The highest BCUT2D eigenvalue weighted by atomic mass is 16.8. The number of hydrogen-bond acceptors (Lipinski definition) is 6. The average molecular weight is 302 g/mol. The van der Waals surface area contributed by atoms with Crippen molar-refractivity contribution in [3.8, 4) is 0 Å². The van der Waals surface area contributed by atoms with Crippen LogP contribution in [0.1, 0.15) is 27.7 Å². The molecule has 2 heterocycles. The lowest BCUT2D eigenvalue weighted by atomic mass is 9.87. The van der Waals surface area contributed by atoms with Crippen LogP contribution in [0.15, 0.2) is 12.7 Å². The molecular weight excluding hydrogens is 276 g/mol. The van der Waals surface area contributed by atoms with Crippen molar-refractivity contribution in [3.05, 3.63) is 12.7 Å². The van der Waals surface area contributed by atoms with Crippen LogP contribution in [-0.4, -0.2) is 60.9 Å². The van der Waals surface area contributed by atoms with Gasteiger partial charge >= 0.3 is 0 Å². The van der Waals surface area contributed by atoms with Gasteiger partial charge in [0.05, 0.1) is 13.2 Å². The molecule has 2 fully saturated rings. The van der Waals surface area contributed by atoms with Gasteiger partial charge in [0.2, 0.25) is 0 Å². The fourth-order valence-electron chi connectivity index (χ4n) is 2.85. The molecule has 0 aromatic rings. The molecule has 0 aliphatic carbocycles. The van der Waals surface area contributed by atoms with Gasteiger partial charge in [0.25, 0.3) is 0 Å². The zero-order chi connectivity index (χ0) is 15.9. The summed E-state index contributed by atoms with van der Waals surface area (Å²) in [6.45, 7) is 11.6. The van der Waals surface area contributed by atoms with E-state index in [1.54, 1.807) is 13.8 Å². The molecular formula is C15H26O6. The molecule has 2 saturated heterocycles. The van der Waals surface area contributed by atoms with E-state index in [2.05, 4.69) is 6.58 Å². The van der Waals surface area contributed by atoms with Crippen LogP contribution in [-0.2, 0) is 23.7 Å². The van der Waals surface area contributed by atoms with Crippen LogP contribution in [0.25, 0.3) is 0 Å². The van der Waals surface area contributed by atoms with Crippen LogP contribution >= 0.6 is 0 Å². The lowest BCUT2D eigenvalue weighted by Gasteiger charge is -2.39. The summed E-state index contributed by atoms with van der Waals surface area (Å²) in [6, 6.07) is 0. The quantitative estimate of drug-likeness (QED) is 0.770. The summed E-state index contributed by atoms with van der Waals surface area (Å²) in [5.41, 5.74) is -1.43. The zero-order valence-electron chi connectivity index (χ0n) is 13.4. The van der Waals surface area contributed by atoms with Gasteiger partial charge in [-0.1, -0.05) is 6.08 Å². The predicted molar refractivity (Wildman–Crippen MR) is 75.8 cm³/mol. The van der Waals surface area contributed by atoms with Crippen molar-refractivity contribution in [1.29, 1.82) is 0 Å². The maximum absolute atomic E-state index is 11.1. The normalized spacial score (nSPS) is 35.3. The van der Waals surface area contributed by atoms with Crippen LogP contribution in [0.2, 0.25) is 0 Å². The molecule has 0 radical (unpaired) electrons. The van der Waals surface area contributed by atoms with Crippen molar-refractivity contribution in [2.24, 2.45) is 0 Å². The Morgan fingerprint density at radius 2 is 1.76 bits per heavy atom. The van der Waals surface area contributed by atoms with Crippen LogP contribution < -0.4 is 0 Å². The third-order valence-electron chi connectivity index (χ3n) is 3.93. The van der Waals surface area contributed by atoms with Gasteiger partial charge in [-0.2, -0.15) is 0 Å². The van der Waals surface area contributed by atoms with E-state index in [1.807, 2.05) is 13.8 Å². The molecule has 0 bridgehead atoms. The minimum atomic E-state index is -1.43. The number of hydrogen-bond donors (Lipinski definition) is 1. The van der Waals surface area contributed by atoms with Gasteiger partial charge in [0.15, 0.2) is 11.6 Å². The minimum absolute atomic E-state index is 0.256. The predicted octanol–water partition coefficient (Wildman–Crippen LogP) is 1.22. The van der Waals surface area contributed by atoms with Crippen LogP contribution in [0.5, 0.6) is 0 Å². The van der Waals surface area contributed by atoms with Gasteiger partial charge in [-0.15, -0.1) is 6.58 Å². The first kappa shape index (κ1) is 16.9. The highest BCUT2D eigenvalue weighted by molar-refractivity contribution is 5.11. The Labute approximate surface area is 126 Å². The molecule has 2 aliphatic heterocycles. The van der Waals surface area contributed by atoms with Crippen molar-refractivity contribution in [2.45, 2.75) is 63.2 Å². The molecule has 0 amide bonds. The third kappa shape index (κ3) is 3.31. The van der Waals surface area contributed by atoms with Gasteiger partial charge in [-0.3, -0.25) is 0 Å². The van der Waals surface area contributed by atoms with E-state index in [1.165, 1.54) is 13.2 Å². The monoisotopic (exact) mass is 302 g/mol. The summed E-state index contributed by atoms with van der Waals surface area (Å²) in [4.78, 5) is 0. The van der Waals surface area contributed by atoms with Crippen molar-refractivity contribution in [1.82, 2.24) is 0 Å². The Hall–Kier alpha value is -0.500. The van der Waals surface area contributed by atoms with E-state index < -0.39 is 35.5 Å². The molecule has 0 spiro atoms. The van der Waals surface area contributed by atoms with E-state index in [-0.39, 0.29) is 6.61 Å². The Balaban J connectivity index is 2.19. The number of aliphatic hydroxyl groups is 1. The molecule has 4 atom stereocenters. The Morgan fingerprint density at radius 1 is 1.19 bits per heavy atom. The molecule has 2 rings (SSSR count). The van der Waals surface area contributed by atoms with Gasteiger partial charge in [-0.25, -0.2) is 0 Å². The van der Waals surface area contributed by atoms with E-state index in [0.29, 0.717) is 6.61 Å². The second-order valence-electron chi connectivity index (χ2n) is 6.43. The zero-order valence-corrected chi connectivity index (χ0v) is 13.4. The maximum atomic E-state index is 11.1. The molecule has 6 nitrogen and oxygen atoms in total. The average Bonchev–Trinajstić information content (AvgIpc) is 2.93. The Bertz CT molecular complexity index is 394. The van der Waals surface area contributed by atoms with E-state index in [9.17, 15) is 5.11 Å². The minimum Gasteiger partial charge on any atom is -0.380 e. The summed E-state index contributed by atoms with van der Waals surface area (Å²) in [5, 5.41) is 11.1. The standard InChI is InChI=1S/C15H26O6/c1-7-15(16,11-9-19-14(4,5)21-11)12(17-6)10-8-18-13(2,3)20-10/h7,10-12,16H,1,8-9H2,2-6H3/t10-,11-,12-,15-/m1/s1. The van der Waals surface area contributed by atoms with Crippen LogP contribution in [0.3, 0.4) is 0 Å². The highest BCUT2D eigenvalue weighted by Crippen LogP contribution is 2.36.